The minimum atomic E-state index is -0.791. The Bertz CT molecular complexity index is 454. The molecule has 1 aromatic rings. The number of rotatable bonds is 2. The fourth-order valence-electron chi connectivity index (χ4n) is 1.79. The number of aryl methyl sites for hydroxylation is 2. The number of guanidine groups is 1. The maximum absolute atomic E-state index is 10.7. The zero-order valence-electron chi connectivity index (χ0n) is 10.4. The molecule has 5 heteroatoms. The molecule has 0 radical (unpaired) electrons. The van der Waals surface area contributed by atoms with Crippen LogP contribution < -0.4 is 16.4 Å². The summed E-state index contributed by atoms with van der Waals surface area (Å²) in [5.41, 5.74) is 13.9. The van der Waals surface area contributed by atoms with Gasteiger partial charge in [-0.25, -0.2) is 4.79 Å². The molecule has 92 valence electrons. The molecule has 0 saturated heterocycles. The van der Waals surface area contributed by atoms with Gasteiger partial charge in [0.15, 0.2) is 0 Å². The van der Waals surface area contributed by atoms with Crippen LogP contribution in [0.5, 0.6) is 0 Å². The predicted molar refractivity (Wildman–Crippen MR) is 70.2 cm³/mol. The summed E-state index contributed by atoms with van der Waals surface area (Å²) in [6.07, 6.45) is 0.880. The lowest BCUT2D eigenvalue weighted by Gasteiger charge is -2.23. The lowest BCUT2D eigenvalue weighted by molar-refractivity contribution is 0.256. The molecule has 2 amide bonds. The van der Waals surface area contributed by atoms with Gasteiger partial charge in [-0.2, -0.15) is 4.99 Å². The van der Waals surface area contributed by atoms with Crippen molar-refractivity contribution in [3.05, 3.63) is 29.3 Å². The van der Waals surface area contributed by atoms with Crippen LogP contribution >= 0.6 is 0 Å². The number of carbonyl (C=O) groups excluding carboxylic acids is 1. The molecule has 0 aliphatic heterocycles. The molecule has 0 aliphatic carbocycles. The highest BCUT2D eigenvalue weighted by Crippen LogP contribution is 2.24. The van der Waals surface area contributed by atoms with Crippen molar-refractivity contribution in [1.29, 1.82) is 0 Å². The Morgan fingerprint density at radius 3 is 2.59 bits per heavy atom. The highest BCUT2D eigenvalue weighted by atomic mass is 16.2. The third-order valence-corrected chi connectivity index (χ3v) is 2.61. The van der Waals surface area contributed by atoms with Crippen LogP contribution in [-0.2, 0) is 6.42 Å². The number of para-hydroxylation sites is 1. The quantitative estimate of drug-likeness (QED) is 0.599. The van der Waals surface area contributed by atoms with Gasteiger partial charge in [0.1, 0.15) is 0 Å². The molecule has 1 rings (SSSR count). The van der Waals surface area contributed by atoms with Crippen LogP contribution in [-0.4, -0.2) is 19.0 Å². The summed E-state index contributed by atoms with van der Waals surface area (Å²) in [5.74, 6) is 0.0986. The summed E-state index contributed by atoms with van der Waals surface area (Å²) in [5, 5.41) is 0. The van der Waals surface area contributed by atoms with Crippen molar-refractivity contribution in [2.24, 2.45) is 16.5 Å². The number of urea groups is 1. The number of nitrogens with zero attached hydrogens (tertiary/aromatic N) is 2. The highest BCUT2D eigenvalue weighted by Gasteiger charge is 2.12. The van der Waals surface area contributed by atoms with Gasteiger partial charge in [-0.1, -0.05) is 25.1 Å². The van der Waals surface area contributed by atoms with Gasteiger partial charge in [0, 0.05) is 12.7 Å². The van der Waals surface area contributed by atoms with Crippen LogP contribution in [0.25, 0.3) is 0 Å². The van der Waals surface area contributed by atoms with E-state index in [1.54, 1.807) is 11.9 Å². The molecule has 0 heterocycles. The number of aliphatic imine (C=N–C) groups is 1. The maximum atomic E-state index is 10.7. The normalized spacial score (nSPS) is 11.4. The van der Waals surface area contributed by atoms with Crippen LogP contribution in [0.4, 0.5) is 10.5 Å². The first-order valence-corrected chi connectivity index (χ1v) is 5.43. The lowest BCUT2D eigenvalue weighted by Crippen LogP contribution is -2.36. The number of amides is 2. The van der Waals surface area contributed by atoms with Crippen molar-refractivity contribution in [1.82, 2.24) is 0 Å². The summed E-state index contributed by atoms with van der Waals surface area (Å²) in [4.78, 5) is 15.9. The second-order valence-corrected chi connectivity index (χ2v) is 3.80. The molecule has 4 N–H and O–H groups in total. The van der Waals surface area contributed by atoms with Gasteiger partial charge in [-0.05, 0) is 24.5 Å². The molecular formula is C12H18N4O. The molecular weight excluding hydrogens is 216 g/mol. The number of carbonyl (C=O) groups is 1. The van der Waals surface area contributed by atoms with Gasteiger partial charge in [-0.3, -0.25) is 0 Å². The maximum Gasteiger partial charge on any atom is 0.341 e. The van der Waals surface area contributed by atoms with E-state index in [2.05, 4.69) is 11.9 Å². The van der Waals surface area contributed by atoms with Crippen molar-refractivity contribution in [2.75, 3.05) is 11.9 Å². The minimum Gasteiger partial charge on any atom is -0.369 e. The molecule has 0 atom stereocenters. The van der Waals surface area contributed by atoms with Gasteiger partial charge in [0.25, 0.3) is 0 Å². The minimum absolute atomic E-state index is 0.0986. The van der Waals surface area contributed by atoms with Crippen LogP contribution in [0.3, 0.4) is 0 Å². The van der Waals surface area contributed by atoms with Crippen molar-refractivity contribution < 1.29 is 4.79 Å². The summed E-state index contributed by atoms with van der Waals surface area (Å²) >= 11 is 0. The number of benzene rings is 1. The van der Waals surface area contributed by atoms with Crippen molar-refractivity contribution in [2.45, 2.75) is 20.3 Å². The molecule has 1 aromatic carbocycles. The summed E-state index contributed by atoms with van der Waals surface area (Å²) in [7, 11) is 1.77. The van der Waals surface area contributed by atoms with Crippen molar-refractivity contribution in [3.8, 4) is 0 Å². The summed E-state index contributed by atoms with van der Waals surface area (Å²) < 4.78 is 0. The second-order valence-electron chi connectivity index (χ2n) is 3.80. The van der Waals surface area contributed by atoms with Gasteiger partial charge in [-0.15, -0.1) is 0 Å². The molecule has 0 aliphatic rings. The fourth-order valence-corrected chi connectivity index (χ4v) is 1.79. The van der Waals surface area contributed by atoms with Crippen LogP contribution in [0, 0.1) is 6.92 Å². The van der Waals surface area contributed by atoms with Crippen molar-refractivity contribution in [3.63, 3.8) is 0 Å². The van der Waals surface area contributed by atoms with E-state index in [0.29, 0.717) is 0 Å². The molecule has 0 saturated carbocycles. The predicted octanol–water partition coefficient (Wildman–Crippen LogP) is 1.39. The Morgan fingerprint density at radius 2 is 2.06 bits per heavy atom. The number of nitrogens with two attached hydrogens (primary N) is 2. The van der Waals surface area contributed by atoms with E-state index in [0.717, 1.165) is 23.2 Å². The average molecular weight is 234 g/mol. The molecule has 0 bridgehead atoms. The summed E-state index contributed by atoms with van der Waals surface area (Å²) in [6.45, 7) is 4.05. The molecule has 0 fully saturated rings. The summed E-state index contributed by atoms with van der Waals surface area (Å²) in [6, 6.07) is 5.22. The number of hydrogen-bond donors (Lipinski definition) is 2. The van der Waals surface area contributed by atoms with Gasteiger partial charge in [0.2, 0.25) is 5.96 Å². The van der Waals surface area contributed by atoms with Crippen LogP contribution in [0.2, 0.25) is 0 Å². The first kappa shape index (κ1) is 13.0. The Hall–Kier alpha value is -2.04. The molecule has 0 unspecified atom stereocenters. The van der Waals surface area contributed by atoms with Gasteiger partial charge >= 0.3 is 6.03 Å². The van der Waals surface area contributed by atoms with E-state index in [9.17, 15) is 4.79 Å². The largest absolute Gasteiger partial charge is 0.369 e. The number of hydrogen-bond acceptors (Lipinski definition) is 1. The van der Waals surface area contributed by atoms with E-state index in [1.165, 1.54) is 0 Å². The first-order chi connectivity index (χ1) is 7.97. The topological polar surface area (TPSA) is 84.7 Å². The van der Waals surface area contributed by atoms with Gasteiger partial charge in [0.05, 0.1) is 0 Å². The van der Waals surface area contributed by atoms with E-state index in [-0.39, 0.29) is 5.96 Å². The van der Waals surface area contributed by atoms with Crippen molar-refractivity contribution >= 4 is 17.7 Å². The first-order valence-electron chi connectivity index (χ1n) is 5.43. The lowest BCUT2D eigenvalue weighted by atomic mass is 10.1. The monoisotopic (exact) mass is 234 g/mol. The Labute approximate surface area is 101 Å². The molecule has 0 aromatic heterocycles. The number of anilines is 1. The molecule has 0 spiro atoms. The number of primary amides is 1. The van der Waals surface area contributed by atoms with E-state index >= 15 is 0 Å². The zero-order valence-corrected chi connectivity index (χ0v) is 10.4. The van der Waals surface area contributed by atoms with Crippen LogP contribution in [0.1, 0.15) is 18.1 Å². The highest BCUT2D eigenvalue weighted by molar-refractivity contribution is 6.01. The third-order valence-electron chi connectivity index (χ3n) is 2.61. The van der Waals surface area contributed by atoms with Crippen LogP contribution in [0.15, 0.2) is 23.2 Å². The fraction of sp³-hybridized carbons (Fsp3) is 0.333. The second kappa shape index (κ2) is 5.34. The Balaban J connectivity index is 3.20. The third kappa shape index (κ3) is 2.96. The Morgan fingerprint density at radius 1 is 1.41 bits per heavy atom. The SMILES string of the molecule is CCc1cccc(C)c1N(C)/C(N)=N\C(N)=O. The van der Waals surface area contributed by atoms with E-state index in [4.69, 9.17) is 11.5 Å². The van der Waals surface area contributed by atoms with Gasteiger partial charge < -0.3 is 16.4 Å². The average Bonchev–Trinajstić information content (AvgIpc) is 2.26. The standard InChI is InChI=1S/C12H18N4O/c1-4-9-7-5-6-8(2)10(9)16(3)11(13)15-12(14)17/h5-7H,4H2,1-3H3,(H4,13,14,15,17). The molecule has 17 heavy (non-hydrogen) atoms. The Kier molecular flexibility index (Phi) is 4.09. The molecule has 5 nitrogen and oxygen atoms in total. The smallest absolute Gasteiger partial charge is 0.341 e. The van der Waals surface area contributed by atoms with E-state index in [1.807, 2.05) is 25.1 Å². The zero-order chi connectivity index (χ0) is 13.0. The van der Waals surface area contributed by atoms with E-state index < -0.39 is 6.03 Å².